The molecule has 0 saturated heterocycles. The lowest BCUT2D eigenvalue weighted by molar-refractivity contribution is -0.116. The van der Waals surface area contributed by atoms with Crippen molar-refractivity contribution in [3.05, 3.63) is 23.8 Å². The van der Waals surface area contributed by atoms with Crippen LogP contribution in [0.3, 0.4) is 0 Å². The van der Waals surface area contributed by atoms with Crippen molar-refractivity contribution in [2.75, 3.05) is 18.6 Å². The van der Waals surface area contributed by atoms with Crippen LogP contribution in [0.4, 0.5) is 5.69 Å². The number of carbonyl (C=O) groups excluding carboxylic acids is 1. The standard InChI is InChI=1S/C14H21NO2/c1-10(2)9-15(12(4)16)13-7-6-11(3)14(8-13)17-5/h6-8,10H,9H2,1-5H3. The van der Waals surface area contributed by atoms with Gasteiger partial charge in [0.15, 0.2) is 0 Å². The maximum atomic E-state index is 11.6. The second kappa shape index (κ2) is 5.71. The van der Waals surface area contributed by atoms with Gasteiger partial charge in [-0.3, -0.25) is 4.79 Å². The van der Waals surface area contributed by atoms with E-state index in [9.17, 15) is 4.79 Å². The Labute approximate surface area is 103 Å². The Bertz CT molecular complexity index is 399. The molecule has 0 atom stereocenters. The molecule has 1 amide bonds. The van der Waals surface area contributed by atoms with E-state index in [1.54, 1.807) is 18.9 Å². The van der Waals surface area contributed by atoms with Crippen molar-refractivity contribution in [2.24, 2.45) is 5.92 Å². The van der Waals surface area contributed by atoms with Crippen LogP contribution < -0.4 is 9.64 Å². The smallest absolute Gasteiger partial charge is 0.223 e. The highest BCUT2D eigenvalue weighted by molar-refractivity contribution is 5.91. The van der Waals surface area contributed by atoms with Crippen LogP contribution in [0.1, 0.15) is 26.3 Å². The van der Waals surface area contributed by atoms with Crippen molar-refractivity contribution in [3.63, 3.8) is 0 Å². The third kappa shape index (κ3) is 3.48. The molecular formula is C14H21NO2. The molecular weight excluding hydrogens is 214 g/mol. The summed E-state index contributed by atoms with van der Waals surface area (Å²) in [5, 5.41) is 0. The van der Waals surface area contributed by atoms with Gasteiger partial charge in [0.1, 0.15) is 5.75 Å². The highest BCUT2D eigenvalue weighted by Crippen LogP contribution is 2.25. The molecule has 17 heavy (non-hydrogen) atoms. The summed E-state index contributed by atoms with van der Waals surface area (Å²) in [6, 6.07) is 5.85. The van der Waals surface area contributed by atoms with E-state index in [1.807, 2.05) is 25.1 Å². The van der Waals surface area contributed by atoms with Crippen molar-refractivity contribution >= 4 is 11.6 Å². The van der Waals surface area contributed by atoms with E-state index in [1.165, 1.54) is 0 Å². The molecule has 0 N–H and O–H groups in total. The van der Waals surface area contributed by atoms with Gasteiger partial charge in [0.05, 0.1) is 7.11 Å². The monoisotopic (exact) mass is 235 g/mol. The van der Waals surface area contributed by atoms with Crippen LogP contribution in [0.15, 0.2) is 18.2 Å². The van der Waals surface area contributed by atoms with E-state index in [0.717, 1.165) is 23.5 Å². The first-order valence-electron chi connectivity index (χ1n) is 5.88. The Kier molecular flexibility index (Phi) is 4.55. The zero-order chi connectivity index (χ0) is 13.0. The Morgan fingerprint density at radius 1 is 1.41 bits per heavy atom. The number of carbonyl (C=O) groups is 1. The quantitative estimate of drug-likeness (QED) is 0.803. The second-order valence-corrected chi connectivity index (χ2v) is 4.68. The molecule has 0 fully saturated rings. The average molecular weight is 235 g/mol. The Balaban J connectivity index is 3.06. The average Bonchev–Trinajstić information content (AvgIpc) is 2.26. The minimum atomic E-state index is 0.0598. The zero-order valence-electron chi connectivity index (χ0n) is 11.3. The number of benzene rings is 1. The first kappa shape index (κ1) is 13.6. The Hall–Kier alpha value is -1.51. The minimum absolute atomic E-state index is 0.0598. The van der Waals surface area contributed by atoms with Gasteiger partial charge in [0.25, 0.3) is 0 Å². The summed E-state index contributed by atoms with van der Waals surface area (Å²) in [6.45, 7) is 8.50. The molecule has 0 bridgehead atoms. The largest absolute Gasteiger partial charge is 0.496 e. The van der Waals surface area contributed by atoms with Crippen molar-refractivity contribution in [1.29, 1.82) is 0 Å². The van der Waals surface area contributed by atoms with Crippen LogP contribution in [0.5, 0.6) is 5.75 Å². The maximum absolute atomic E-state index is 11.6. The summed E-state index contributed by atoms with van der Waals surface area (Å²) in [5.74, 6) is 1.31. The van der Waals surface area contributed by atoms with E-state index < -0.39 is 0 Å². The number of methoxy groups -OCH3 is 1. The lowest BCUT2D eigenvalue weighted by Gasteiger charge is -2.24. The minimum Gasteiger partial charge on any atom is -0.496 e. The van der Waals surface area contributed by atoms with Crippen molar-refractivity contribution in [2.45, 2.75) is 27.7 Å². The van der Waals surface area contributed by atoms with Crippen molar-refractivity contribution in [1.82, 2.24) is 0 Å². The molecule has 0 heterocycles. The maximum Gasteiger partial charge on any atom is 0.223 e. The van der Waals surface area contributed by atoms with Crippen LogP contribution in [0.2, 0.25) is 0 Å². The van der Waals surface area contributed by atoms with Gasteiger partial charge >= 0.3 is 0 Å². The fourth-order valence-electron chi connectivity index (χ4n) is 1.76. The van der Waals surface area contributed by atoms with Gasteiger partial charge in [-0.1, -0.05) is 19.9 Å². The first-order chi connectivity index (χ1) is 7.95. The summed E-state index contributed by atoms with van der Waals surface area (Å²) in [5.41, 5.74) is 1.97. The highest BCUT2D eigenvalue weighted by atomic mass is 16.5. The lowest BCUT2D eigenvalue weighted by Crippen LogP contribution is -2.32. The zero-order valence-corrected chi connectivity index (χ0v) is 11.3. The van der Waals surface area contributed by atoms with Crippen LogP contribution >= 0.6 is 0 Å². The molecule has 0 aliphatic rings. The number of aryl methyl sites for hydroxylation is 1. The van der Waals surface area contributed by atoms with Crippen LogP contribution in [0, 0.1) is 12.8 Å². The molecule has 0 aliphatic heterocycles. The summed E-state index contributed by atoms with van der Waals surface area (Å²) < 4.78 is 5.28. The molecule has 1 aromatic rings. The van der Waals surface area contributed by atoms with Gasteiger partial charge in [0, 0.05) is 25.2 Å². The summed E-state index contributed by atoms with van der Waals surface area (Å²) in [7, 11) is 1.65. The van der Waals surface area contributed by atoms with E-state index in [4.69, 9.17) is 4.74 Å². The highest BCUT2D eigenvalue weighted by Gasteiger charge is 2.14. The van der Waals surface area contributed by atoms with Crippen molar-refractivity contribution < 1.29 is 9.53 Å². The summed E-state index contributed by atoms with van der Waals surface area (Å²) in [6.07, 6.45) is 0. The molecule has 1 rings (SSSR count). The molecule has 3 heteroatoms. The van der Waals surface area contributed by atoms with Gasteiger partial charge in [-0.15, -0.1) is 0 Å². The molecule has 0 aromatic heterocycles. The number of hydrogen-bond donors (Lipinski definition) is 0. The number of nitrogens with zero attached hydrogens (tertiary/aromatic N) is 1. The van der Waals surface area contributed by atoms with Gasteiger partial charge in [-0.25, -0.2) is 0 Å². The van der Waals surface area contributed by atoms with Gasteiger partial charge in [0.2, 0.25) is 5.91 Å². The lowest BCUT2D eigenvalue weighted by atomic mass is 10.1. The number of rotatable bonds is 4. The topological polar surface area (TPSA) is 29.5 Å². The Morgan fingerprint density at radius 2 is 2.06 bits per heavy atom. The van der Waals surface area contributed by atoms with Gasteiger partial charge < -0.3 is 9.64 Å². The number of amides is 1. The first-order valence-corrected chi connectivity index (χ1v) is 5.88. The molecule has 0 saturated carbocycles. The van der Waals surface area contributed by atoms with Gasteiger partial charge in [-0.05, 0) is 24.5 Å². The number of hydrogen-bond acceptors (Lipinski definition) is 2. The molecule has 0 radical (unpaired) electrons. The SMILES string of the molecule is COc1cc(N(CC(C)C)C(C)=O)ccc1C. The van der Waals surface area contributed by atoms with E-state index in [2.05, 4.69) is 13.8 Å². The molecule has 0 unspecified atom stereocenters. The molecule has 94 valence electrons. The molecule has 0 spiro atoms. The summed E-state index contributed by atoms with van der Waals surface area (Å²) >= 11 is 0. The predicted octanol–water partition coefficient (Wildman–Crippen LogP) is 3.01. The van der Waals surface area contributed by atoms with E-state index in [-0.39, 0.29) is 5.91 Å². The number of ether oxygens (including phenoxy) is 1. The summed E-state index contributed by atoms with van der Waals surface area (Å²) in [4.78, 5) is 13.4. The fourth-order valence-corrected chi connectivity index (χ4v) is 1.76. The molecule has 1 aromatic carbocycles. The normalized spacial score (nSPS) is 10.5. The van der Waals surface area contributed by atoms with E-state index >= 15 is 0 Å². The van der Waals surface area contributed by atoms with Crippen LogP contribution in [-0.4, -0.2) is 19.6 Å². The third-order valence-electron chi connectivity index (χ3n) is 2.63. The second-order valence-electron chi connectivity index (χ2n) is 4.68. The Morgan fingerprint density at radius 3 is 2.53 bits per heavy atom. The van der Waals surface area contributed by atoms with Gasteiger partial charge in [-0.2, -0.15) is 0 Å². The van der Waals surface area contributed by atoms with Crippen LogP contribution in [0.25, 0.3) is 0 Å². The predicted molar refractivity (Wildman–Crippen MR) is 70.6 cm³/mol. The number of anilines is 1. The molecule has 0 aliphatic carbocycles. The molecule has 3 nitrogen and oxygen atoms in total. The van der Waals surface area contributed by atoms with Crippen molar-refractivity contribution in [3.8, 4) is 5.75 Å². The fraction of sp³-hybridized carbons (Fsp3) is 0.500. The van der Waals surface area contributed by atoms with Crippen LogP contribution in [-0.2, 0) is 4.79 Å². The van der Waals surface area contributed by atoms with E-state index in [0.29, 0.717) is 5.92 Å². The third-order valence-corrected chi connectivity index (χ3v) is 2.63.